The van der Waals surface area contributed by atoms with E-state index in [1.54, 1.807) is 0 Å². The van der Waals surface area contributed by atoms with E-state index in [0.717, 1.165) is 49.4 Å². The molecule has 1 aliphatic rings. The van der Waals surface area contributed by atoms with Gasteiger partial charge in [-0.15, -0.1) is 0 Å². The van der Waals surface area contributed by atoms with E-state index in [1.165, 1.54) is 0 Å². The number of hydrogen-bond acceptors (Lipinski definition) is 2. The first kappa shape index (κ1) is 20.5. The smallest absolute Gasteiger partial charge is 0.194 e. The normalized spacial score (nSPS) is 12.2. The molecule has 0 unspecified atom stereocenters. The maximum Gasteiger partial charge on any atom is 0.194 e. The van der Waals surface area contributed by atoms with Crippen molar-refractivity contribution in [3.63, 3.8) is 0 Å². The van der Waals surface area contributed by atoms with Gasteiger partial charge < -0.3 is 0 Å². The van der Waals surface area contributed by atoms with Crippen molar-refractivity contribution in [3.05, 3.63) is 144 Å². The lowest BCUT2D eigenvalue weighted by Crippen LogP contribution is -2.22. The highest BCUT2D eigenvalue weighted by Crippen LogP contribution is 2.41. The number of fused-ring (bicyclic) bond motifs is 2. The van der Waals surface area contributed by atoms with Gasteiger partial charge in [0.15, 0.2) is 5.78 Å². The molecule has 0 bridgehead atoms. The van der Waals surface area contributed by atoms with E-state index < -0.39 is 0 Å². The summed E-state index contributed by atoms with van der Waals surface area (Å²) >= 11 is 6.15. The second kappa shape index (κ2) is 8.33. The van der Waals surface area contributed by atoms with Crippen LogP contribution in [0.15, 0.2) is 121 Å². The Morgan fingerprint density at radius 3 is 1.50 bits per heavy atom. The van der Waals surface area contributed by atoms with Gasteiger partial charge in [0.2, 0.25) is 0 Å². The minimum Gasteiger partial charge on any atom is -0.289 e. The van der Waals surface area contributed by atoms with Crippen LogP contribution in [0.5, 0.6) is 0 Å². The van der Waals surface area contributed by atoms with E-state index >= 15 is 0 Å². The van der Waals surface area contributed by atoms with Gasteiger partial charge in [-0.3, -0.25) is 4.79 Å². The standard InChI is InChI=1S/C32H20OS/c33-31-26-18-10-17-25(22-13-6-2-7-14-22)29(26)32(34)30-27(23-15-8-3-9-16-23)19-24(20-28(30)31)21-11-4-1-5-12-21/h1-20H. The Morgan fingerprint density at radius 2 is 0.882 bits per heavy atom. The summed E-state index contributed by atoms with van der Waals surface area (Å²) in [6.45, 7) is 0. The molecule has 160 valence electrons. The highest BCUT2D eigenvalue weighted by molar-refractivity contribution is 7.81. The summed E-state index contributed by atoms with van der Waals surface area (Å²) in [5.74, 6) is 0.0198. The first-order valence-electron chi connectivity index (χ1n) is 11.3. The quantitative estimate of drug-likeness (QED) is 0.253. The molecule has 0 saturated heterocycles. The molecule has 0 atom stereocenters. The summed E-state index contributed by atoms with van der Waals surface area (Å²) in [7, 11) is 0. The van der Waals surface area contributed by atoms with Crippen LogP contribution in [-0.2, 0) is 0 Å². The Bertz CT molecular complexity index is 1550. The summed E-state index contributed by atoms with van der Waals surface area (Å²) in [4.78, 5) is 14.7. The lowest BCUT2D eigenvalue weighted by Gasteiger charge is -2.26. The maximum absolute atomic E-state index is 13.9. The van der Waals surface area contributed by atoms with Crippen LogP contribution in [0.1, 0.15) is 27.0 Å². The minimum atomic E-state index is 0.0198. The number of hydrogen-bond donors (Lipinski definition) is 0. The molecule has 1 nitrogen and oxygen atoms in total. The van der Waals surface area contributed by atoms with Crippen LogP contribution in [0.25, 0.3) is 33.4 Å². The van der Waals surface area contributed by atoms with Gasteiger partial charge in [-0.25, -0.2) is 0 Å². The molecule has 5 aromatic rings. The predicted molar refractivity (Wildman–Crippen MR) is 143 cm³/mol. The molecule has 0 spiro atoms. The Kier molecular flexibility index (Phi) is 5.01. The first-order valence-corrected chi connectivity index (χ1v) is 11.7. The molecular formula is C32H20OS. The van der Waals surface area contributed by atoms with Crippen LogP contribution >= 0.6 is 12.2 Å². The Hall–Kier alpha value is -4.14. The van der Waals surface area contributed by atoms with Crippen LogP contribution in [0.2, 0.25) is 0 Å². The van der Waals surface area contributed by atoms with Crippen molar-refractivity contribution in [1.82, 2.24) is 0 Å². The van der Waals surface area contributed by atoms with Crippen molar-refractivity contribution >= 4 is 22.9 Å². The fourth-order valence-corrected chi connectivity index (χ4v) is 5.26. The monoisotopic (exact) mass is 452 g/mol. The number of carbonyl (C=O) groups is 1. The molecule has 0 fully saturated rings. The second-order valence-corrected chi connectivity index (χ2v) is 8.84. The average Bonchev–Trinajstić information content (AvgIpc) is 2.92. The van der Waals surface area contributed by atoms with Crippen molar-refractivity contribution in [2.75, 3.05) is 0 Å². The topological polar surface area (TPSA) is 17.1 Å². The molecule has 0 radical (unpaired) electrons. The lowest BCUT2D eigenvalue weighted by atomic mass is 9.77. The van der Waals surface area contributed by atoms with Gasteiger partial charge in [0.05, 0.1) is 4.86 Å². The highest BCUT2D eigenvalue weighted by atomic mass is 32.1. The molecule has 0 aliphatic heterocycles. The molecular weight excluding hydrogens is 432 g/mol. The van der Waals surface area contributed by atoms with Gasteiger partial charge >= 0.3 is 0 Å². The summed E-state index contributed by atoms with van der Waals surface area (Å²) in [5.41, 5.74) is 9.21. The van der Waals surface area contributed by atoms with E-state index in [-0.39, 0.29) is 5.78 Å². The number of carbonyl (C=O) groups excluding carboxylic acids is 1. The molecule has 34 heavy (non-hydrogen) atoms. The van der Waals surface area contributed by atoms with Crippen LogP contribution in [0, 0.1) is 0 Å². The van der Waals surface area contributed by atoms with E-state index in [9.17, 15) is 4.79 Å². The van der Waals surface area contributed by atoms with Gasteiger partial charge in [0, 0.05) is 22.3 Å². The first-order chi connectivity index (χ1) is 16.7. The number of benzene rings is 5. The van der Waals surface area contributed by atoms with Crippen molar-refractivity contribution in [2.45, 2.75) is 0 Å². The lowest BCUT2D eigenvalue weighted by molar-refractivity contribution is 0.103. The Labute approximate surface area is 204 Å². The number of ketones is 1. The van der Waals surface area contributed by atoms with Gasteiger partial charge in [-0.2, -0.15) is 0 Å². The fraction of sp³-hybridized carbons (Fsp3) is 0. The molecule has 6 rings (SSSR count). The zero-order valence-corrected chi connectivity index (χ0v) is 19.2. The van der Waals surface area contributed by atoms with E-state index in [1.807, 2.05) is 72.8 Å². The molecule has 0 amide bonds. The Balaban J connectivity index is 1.65. The van der Waals surface area contributed by atoms with Crippen LogP contribution in [-0.4, -0.2) is 10.6 Å². The van der Waals surface area contributed by atoms with Crippen molar-refractivity contribution < 1.29 is 4.79 Å². The van der Waals surface area contributed by atoms with Crippen molar-refractivity contribution in [1.29, 1.82) is 0 Å². The number of rotatable bonds is 3. The predicted octanol–water partition coefficient (Wildman–Crippen LogP) is 8.00. The molecule has 1 aliphatic carbocycles. The third kappa shape index (κ3) is 3.32. The molecule has 2 heteroatoms. The number of thiocarbonyl (C=S) groups is 1. The molecule has 0 aromatic heterocycles. The molecule has 0 saturated carbocycles. The van der Waals surface area contributed by atoms with Crippen LogP contribution in [0.4, 0.5) is 0 Å². The van der Waals surface area contributed by atoms with Gasteiger partial charge in [0.1, 0.15) is 0 Å². The van der Waals surface area contributed by atoms with E-state index in [0.29, 0.717) is 11.1 Å². The third-order valence-electron chi connectivity index (χ3n) is 6.42. The maximum atomic E-state index is 13.9. The third-order valence-corrected chi connectivity index (χ3v) is 6.83. The van der Waals surface area contributed by atoms with Crippen LogP contribution < -0.4 is 0 Å². The Morgan fingerprint density at radius 1 is 0.412 bits per heavy atom. The molecule has 0 heterocycles. The summed E-state index contributed by atoms with van der Waals surface area (Å²) in [6, 6.07) is 40.6. The van der Waals surface area contributed by atoms with Gasteiger partial charge in [-0.05, 0) is 45.5 Å². The molecule has 5 aromatic carbocycles. The largest absolute Gasteiger partial charge is 0.289 e. The molecule has 0 N–H and O–H groups in total. The summed E-state index contributed by atoms with van der Waals surface area (Å²) < 4.78 is 0. The van der Waals surface area contributed by atoms with Gasteiger partial charge in [-0.1, -0.05) is 121 Å². The van der Waals surface area contributed by atoms with E-state index in [4.69, 9.17) is 12.2 Å². The minimum absolute atomic E-state index is 0.0198. The van der Waals surface area contributed by atoms with E-state index in [2.05, 4.69) is 48.5 Å². The zero-order valence-electron chi connectivity index (χ0n) is 18.4. The highest BCUT2D eigenvalue weighted by Gasteiger charge is 2.32. The van der Waals surface area contributed by atoms with Crippen molar-refractivity contribution in [3.8, 4) is 33.4 Å². The van der Waals surface area contributed by atoms with Crippen LogP contribution in [0.3, 0.4) is 0 Å². The fourth-order valence-electron chi connectivity index (χ4n) is 4.82. The summed E-state index contributed by atoms with van der Waals surface area (Å²) in [6.07, 6.45) is 0. The van der Waals surface area contributed by atoms with Crippen molar-refractivity contribution in [2.24, 2.45) is 0 Å². The average molecular weight is 453 g/mol. The SMILES string of the molecule is O=C1c2cccc(-c3ccccc3)c2C(=S)c2c1cc(-c1ccccc1)cc2-c1ccccc1. The zero-order chi connectivity index (χ0) is 23.1. The summed E-state index contributed by atoms with van der Waals surface area (Å²) in [5, 5.41) is 0. The van der Waals surface area contributed by atoms with Gasteiger partial charge in [0.25, 0.3) is 0 Å². The second-order valence-electron chi connectivity index (χ2n) is 8.43.